The topological polar surface area (TPSA) is 0 Å². The smallest absolute Gasteiger partial charge is 0.167 e. The zero-order valence-electron chi connectivity index (χ0n) is 57.6. The first kappa shape index (κ1) is 87.4. The molecule has 0 unspecified atom stereocenters. The van der Waals surface area contributed by atoms with E-state index in [1.807, 2.05) is 151 Å². The van der Waals surface area contributed by atoms with Crippen LogP contribution in [-0.4, -0.2) is 0 Å². The number of fused-ring (bicyclic) bond motifs is 7. The van der Waals surface area contributed by atoms with Crippen molar-refractivity contribution in [1.29, 1.82) is 0 Å². The molecule has 7 aromatic heterocycles. The van der Waals surface area contributed by atoms with Gasteiger partial charge in [-0.05, 0) is 232 Å². The summed E-state index contributed by atoms with van der Waals surface area (Å²) in [6.07, 6.45) is 0. The summed E-state index contributed by atoms with van der Waals surface area (Å²) in [7, 11) is 0. The normalized spacial score (nSPS) is 9.65. The quantitative estimate of drug-likeness (QED) is 0.133. The van der Waals surface area contributed by atoms with Gasteiger partial charge in [0.15, 0.2) is 23.3 Å². The van der Waals surface area contributed by atoms with Crippen LogP contribution in [0.15, 0.2) is 147 Å². The van der Waals surface area contributed by atoms with Gasteiger partial charge in [-0.25, -0.2) is 22.0 Å². The number of rotatable bonds is 0. The molecule has 7 heterocycles. The van der Waals surface area contributed by atoms with Gasteiger partial charge in [0.2, 0.25) is 0 Å². The zero-order chi connectivity index (χ0) is 71.5. The van der Waals surface area contributed by atoms with Crippen molar-refractivity contribution >= 4 is 208 Å². The summed E-state index contributed by atoms with van der Waals surface area (Å²) in [6.45, 7) is 41.4. The van der Waals surface area contributed by atoms with Crippen molar-refractivity contribution in [3.8, 4) is 0 Å². The third-order valence-electron chi connectivity index (χ3n) is 12.5. The van der Waals surface area contributed by atoms with E-state index < -0.39 is 23.3 Å². The summed E-state index contributed by atoms with van der Waals surface area (Å²) in [5, 5.41) is 24.7. The lowest BCUT2D eigenvalue weighted by molar-refractivity contribution is 0.506. The molecule has 0 amide bonds. The van der Waals surface area contributed by atoms with E-state index in [1.54, 1.807) is 83.6 Å². The maximum Gasteiger partial charge on any atom is 0.167 e. The monoisotopic (exact) mass is 1510 g/mol. The molecule has 0 saturated carbocycles. The number of hydrogen-bond donors (Lipinski definition) is 0. The van der Waals surface area contributed by atoms with Gasteiger partial charge in [-0.1, -0.05) is 173 Å². The number of aryl methyl sites for hydroxylation is 7. The maximum atomic E-state index is 13.2. The number of hydrogen-bond acceptors (Lipinski definition) is 7. The van der Waals surface area contributed by atoms with E-state index in [9.17, 15) is 22.0 Å². The van der Waals surface area contributed by atoms with Crippen LogP contribution in [0.2, 0.25) is 25.1 Å². The highest BCUT2D eigenvalue weighted by atomic mass is 35.5. The molecule has 0 atom stereocenters. The van der Waals surface area contributed by atoms with Crippen LogP contribution in [0.5, 0.6) is 0 Å². The van der Waals surface area contributed by atoms with Gasteiger partial charge in [-0.3, -0.25) is 0 Å². The molecule has 0 spiro atoms. The van der Waals surface area contributed by atoms with Gasteiger partial charge >= 0.3 is 0 Å². The molecule has 0 nitrogen and oxygen atoms in total. The Hall–Kier alpha value is -4.64. The fourth-order valence-electron chi connectivity index (χ4n) is 8.28. The molecule has 7 aromatic carbocycles. The average Bonchev–Trinajstić information content (AvgIpc) is 1.65. The third-order valence-corrected chi connectivity index (χ3v) is 21.4. The second kappa shape index (κ2) is 46.5. The van der Waals surface area contributed by atoms with Crippen molar-refractivity contribution in [2.75, 3.05) is 0 Å². The van der Waals surface area contributed by atoms with Crippen LogP contribution in [0.1, 0.15) is 136 Å². The molecule has 508 valence electrons. The largest absolute Gasteiger partial charge is 0.205 e. The van der Waals surface area contributed by atoms with E-state index in [1.165, 1.54) is 103 Å². The first-order valence-electron chi connectivity index (χ1n) is 31.2. The molecule has 0 radical (unpaired) electrons. The molecule has 0 fully saturated rings. The number of thiophene rings is 7. The summed E-state index contributed by atoms with van der Waals surface area (Å²) in [4.78, 5) is 0. The third kappa shape index (κ3) is 24.1. The molecule has 0 N–H and O–H groups in total. The lowest BCUT2D eigenvalue weighted by atomic mass is 10.2. The Labute approximate surface area is 609 Å². The minimum absolute atomic E-state index is 0.250. The molecular weight excluding hydrogens is 1420 g/mol. The standard InChI is InChI=1S/C9H6ClFS.4C9H7ClS.2C9H6F2S.7C2H6/c1-5-4-6-2-3-12-9(6)7(10)8(5)11;1-6-4-7(10)5-9-8(6)2-3-11-9;1-6-8(10)3-2-7-4-5-11-9(6)7;1-6-2-3-8-7(9(6)10)4-5-11-8;1-6-2-3-8(10)7-4-5-11-9(6)7;1-5-8(11)7(10)4-6-2-3-12-9(5)6;1-5-4-7(10)8(11)6-2-3-12-9(5)6;7*1-2/h2-4H,1H3;4*2-5H,1H3;2*2-4H,1H3;7*1-2H3. The van der Waals surface area contributed by atoms with E-state index in [0.29, 0.717) is 16.5 Å². The summed E-state index contributed by atoms with van der Waals surface area (Å²) in [5.74, 6) is -3.30. The molecule has 0 aliphatic carbocycles. The molecule has 17 heteroatoms. The van der Waals surface area contributed by atoms with Crippen LogP contribution in [-0.2, 0) is 0 Å². The fraction of sp³-hybridized carbons (Fsp3) is 0.273. The second-order valence-corrected chi connectivity index (χ2v) is 26.6. The predicted octanol–water partition coefficient (Wildman–Crippen LogP) is 33.6. The van der Waals surface area contributed by atoms with E-state index in [4.69, 9.17) is 58.0 Å². The van der Waals surface area contributed by atoms with Crippen LogP contribution >= 0.6 is 137 Å². The molecular formula is C77H88Cl5F5S7. The van der Waals surface area contributed by atoms with Crippen LogP contribution in [0.4, 0.5) is 22.0 Å². The highest BCUT2D eigenvalue weighted by molar-refractivity contribution is 7.19. The minimum atomic E-state index is -0.765. The molecule has 94 heavy (non-hydrogen) atoms. The van der Waals surface area contributed by atoms with Crippen molar-refractivity contribution in [2.24, 2.45) is 0 Å². The molecule has 0 bridgehead atoms. The van der Waals surface area contributed by atoms with Gasteiger partial charge in [-0.15, -0.1) is 79.4 Å². The van der Waals surface area contributed by atoms with Crippen molar-refractivity contribution in [3.63, 3.8) is 0 Å². The Bertz CT molecular complexity index is 4250. The van der Waals surface area contributed by atoms with Gasteiger partial charge in [0.25, 0.3) is 0 Å². The Kier molecular flexibility index (Phi) is 43.3. The van der Waals surface area contributed by atoms with Gasteiger partial charge in [-0.2, -0.15) is 0 Å². The van der Waals surface area contributed by atoms with Gasteiger partial charge in [0.05, 0.1) is 14.7 Å². The van der Waals surface area contributed by atoms with E-state index in [-0.39, 0.29) is 10.8 Å². The van der Waals surface area contributed by atoms with Crippen molar-refractivity contribution < 1.29 is 22.0 Å². The molecule has 14 aromatic rings. The van der Waals surface area contributed by atoms with Gasteiger partial charge in [0, 0.05) is 65.0 Å². The lowest BCUT2D eigenvalue weighted by Crippen LogP contribution is -1.87. The van der Waals surface area contributed by atoms with Gasteiger partial charge < -0.3 is 0 Å². The Morgan fingerprint density at radius 1 is 0.266 bits per heavy atom. The number of benzene rings is 7. The SMILES string of the molecule is CC.CC.CC.CC.CC.CC.CC.Cc1c(Cl)ccc2ccsc12.Cc1c(F)c(F)cc2ccsc12.Cc1cc(Cl)cc2sccc12.Cc1cc(F)c(F)c2ccsc12.Cc1cc2ccsc2c(Cl)c1F.Cc1ccc(Cl)c2ccsc12.Cc1ccc2sccc2c1Cl. The zero-order valence-corrected chi connectivity index (χ0v) is 67.1. The van der Waals surface area contributed by atoms with Crippen LogP contribution in [0.3, 0.4) is 0 Å². The Morgan fingerprint density at radius 3 is 1.29 bits per heavy atom. The average molecular weight is 1510 g/mol. The predicted molar refractivity (Wildman–Crippen MR) is 430 cm³/mol. The van der Waals surface area contributed by atoms with Crippen LogP contribution in [0.25, 0.3) is 70.6 Å². The summed E-state index contributed by atoms with van der Waals surface area (Å²) in [5.41, 5.74) is 6.70. The van der Waals surface area contributed by atoms with Crippen LogP contribution < -0.4 is 0 Å². The van der Waals surface area contributed by atoms with Crippen molar-refractivity contribution in [1.82, 2.24) is 0 Å². The van der Waals surface area contributed by atoms with E-state index in [2.05, 4.69) is 90.8 Å². The first-order valence-corrected chi connectivity index (χ1v) is 39.2. The van der Waals surface area contributed by atoms with E-state index >= 15 is 0 Å². The van der Waals surface area contributed by atoms with Crippen molar-refractivity contribution in [2.45, 2.75) is 145 Å². The Morgan fingerprint density at radius 2 is 0.702 bits per heavy atom. The Balaban J connectivity index is 0.000000531. The molecule has 0 saturated heterocycles. The van der Waals surface area contributed by atoms with E-state index in [0.717, 1.165) is 56.1 Å². The molecule has 0 aliphatic rings. The number of halogens is 10. The first-order chi connectivity index (χ1) is 45.2. The van der Waals surface area contributed by atoms with Crippen molar-refractivity contribution in [3.05, 3.63) is 240 Å². The highest BCUT2D eigenvalue weighted by Crippen LogP contribution is 2.36. The second-order valence-electron chi connectivity index (χ2n) is 18.1. The molecule has 14 rings (SSSR count). The van der Waals surface area contributed by atoms with Crippen LogP contribution in [0, 0.1) is 77.6 Å². The summed E-state index contributed by atoms with van der Waals surface area (Å²) < 4.78 is 72.5. The molecule has 0 aliphatic heterocycles. The summed E-state index contributed by atoms with van der Waals surface area (Å²) >= 11 is 41.0. The minimum Gasteiger partial charge on any atom is -0.205 e. The lowest BCUT2D eigenvalue weighted by Gasteiger charge is -1.99. The highest BCUT2D eigenvalue weighted by Gasteiger charge is 2.13. The van der Waals surface area contributed by atoms with Gasteiger partial charge in [0.1, 0.15) is 5.82 Å². The fourth-order valence-corrected chi connectivity index (χ4v) is 15.8. The maximum absolute atomic E-state index is 13.2. The summed E-state index contributed by atoms with van der Waals surface area (Å²) in [6, 6.07) is 34.2.